The fourth-order valence-corrected chi connectivity index (χ4v) is 5.30. The molecule has 150 valence electrons. The second-order valence-electron chi connectivity index (χ2n) is 9.12. The van der Waals surface area contributed by atoms with Crippen LogP contribution in [0.5, 0.6) is 0 Å². The Morgan fingerprint density at radius 3 is 1.88 bits per heavy atom. The lowest BCUT2D eigenvalue weighted by atomic mass is 9.68. The molecule has 0 N–H and O–H groups in total. The summed E-state index contributed by atoms with van der Waals surface area (Å²) >= 11 is 0. The van der Waals surface area contributed by atoms with Gasteiger partial charge in [-0.2, -0.15) is 0 Å². The van der Waals surface area contributed by atoms with Gasteiger partial charge in [0.1, 0.15) is 0 Å². The van der Waals surface area contributed by atoms with Crippen LogP contribution in [0, 0.1) is 23.7 Å². The molecule has 0 aromatic heterocycles. The number of hydrogen-bond donors (Lipinski definition) is 0. The van der Waals surface area contributed by atoms with Crippen LogP contribution in [0.4, 0.5) is 0 Å². The van der Waals surface area contributed by atoms with Gasteiger partial charge in [0, 0.05) is 5.57 Å². The molecule has 0 aromatic carbocycles. The molecule has 0 unspecified atom stereocenters. The summed E-state index contributed by atoms with van der Waals surface area (Å²) in [4.78, 5) is 11.3. The van der Waals surface area contributed by atoms with E-state index in [0.717, 1.165) is 30.1 Å². The van der Waals surface area contributed by atoms with E-state index in [0.29, 0.717) is 12.2 Å². The SMILES string of the molecule is C=C(C)C(=O)OCCCCC[C@H]1CC[C@H]([C@H]2CC[C@H](CCC)CC2)CC1. The van der Waals surface area contributed by atoms with Crippen LogP contribution in [0.1, 0.15) is 104 Å². The van der Waals surface area contributed by atoms with E-state index in [1.165, 1.54) is 83.5 Å². The molecule has 0 radical (unpaired) electrons. The smallest absolute Gasteiger partial charge is 0.333 e. The summed E-state index contributed by atoms with van der Waals surface area (Å²) < 4.78 is 5.16. The van der Waals surface area contributed by atoms with Crippen molar-refractivity contribution in [2.24, 2.45) is 23.7 Å². The van der Waals surface area contributed by atoms with Crippen molar-refractivity contribution in [3.8, 4) is 0 Å². The second-order valence-corrected chi connectivity index (χ2v) is 9.12. The molecule has 0 heterocycles. The van der Waals surface area contributed by atoms with E-state index in [4.69, 9.17) is 4.74 Å². The zero-order chi connectivity index (χ0) is 18.8. The highest BCUT2D eigenvalue weighted by atomic mass is 16.5. The minimum absolute atomic E-state index is 0.243. The third kappa shape index (κ3) is 7.45. The number of esters is 1. The highest BCUT2D eigenvalue weighted by Crippen LogP contribution is 2.43. The van der Waals surface area contributed by atoms with E-state index < -0.39 is 0 Å². The van der Waals surface area contributed by atoms with Crippen LogP contribution in [0.25, 0.3) is 0 Å². The van der Waals surface area contributed by atoms with E-state index in [9.17, 15) is 4.79 Å². The molecule has 2 aliphatic rings. The van der Waals surface area contributed by atoms with E-state index in [1.807, 2.05) is 0 Å². The van der Waals surface area contributed by atoms with Crippen molar-refractivity contribution in [1.82, 2.24) is 0 Å². The Hall–Kier alpha value is -0.790. The van der Waals surface area contributed by atoms with E-state index >= 15 is 0 Å². The van der Waals surface area contributed by atoms with Gasteiger partial charge < -0.3 is 4.74 Å². The molecule has 2 fully saturated rings. The van der Waals surface area contributed by atoms with Gasteiger partial charge in [-0.1, -0.05) is 71.3 Å². The van der Waals surface area contributed by atoms with E-state index in [1.54, 1.807) is 6.92 Å². The lowest BCUT2D eigenvalue weighted by Gasteiger charge is -2.38. The van der Waals surface area contributed by atoms with Gasteiger partial charge in [0.15, 0.2) is 0 Å². The minimum Gasteiger partial charge on any atom is -0.462 e. The molecule has 0 saturated heterocycles. The molecular weight excluding hydrogens is 320 g/mol. The predicted molar refractivity (Wildman–Crippen MR) is 110 cm³/mol. The molecule has 0 bridgehead atoms. The topological polar surface area (TPSA) is 26.3 Å². The third-order valence-electron chi connectivity index (χ3n) is 6.98. The van der Waals surface area contributed by atoms with Crippen molar-refractivity contribution in [2.75, 3.05) is 6.61 Å². The average molecular weight is 363 g/mol. The average Bonchev–Trinajstić information content (AvgIpc) is 2.65. The van der Waals surface area contributed by atoms with Gasteiger partial charge >= 0.3 is 5.97 Å². The highest BCUT2D eigenvalue weighted by molar-refractivity contribution is 5.86. The Morgan fingerprint density at radius 1 is 0.846 bits per heavy atom. The van der Waals surface area contributed by atoms with Gasteiger partial charge in [-0.05, 0) is 62.7 Å². The zero-order valence-electron chi connectivity index (χ0n) is 17.4. The van der Waals surface area contributed by atoms with Crippen LogP contribution in [-0.4, -0.2) is 12.6 Å². The molecule has 2 nitrogen and oxygen atoms in total. The van der Waals surface area contributed by atoms with Crippen molar-refractivity contribution in [3.05, 3.63) is 12.2 Å². The molecule has 0 amide bonds. The lowest BCUT2D eigenvalue weighted by Crippen LogP contribution is -2.25. The molecule has 2 heteroatoms. The first-order chi connectivity index (χ1) is 12.6. The number of rotatable bonds is 10. The van der Waals surface area contributed by atoms with Gasteiger partial charge in [0.05, 0.1) is 6.61 Å². The highest BCUT2D eigenvalue weighted by Gasteiger charge is 2.30. The molecular formula is C24H42O2. The lowest BCUT2D eigenvalue weighted by molar-refractivity contribution is -0.139. The standard InChI is InChI=1S/C24H42O2/c1-4-8-20-10-14-22(15-11-20)23-16-12-21(13-17-23)9-6-5-7-18-26-24(25)19(2)3/h20-23H,2,4-18H2,1,3H3/t20-,21-,22-,23-. The van der Waals surface area contributed by atoms with Gasteiger partial charge in [-0.3, -0.25) is 0 Å². The number of carbonyl (C=O) groups excluding carboxylic acids is 1. The molecule has 2 rings (SSSR count). The Kier molecular flexibility index (Phi) is 9.78. The first-order valence-electron chi connectivity index (χ1n) is 11.4. The van der Waals surface area contributed by atoms with E-state index in [2.05, 4.69) is 13.5 Å². The molecule has 26 heavy (non-hydrogen) atoms. The minimum atomic E-state index is -0.243. The fraction of sp³-hybridized carbons (Fsp3) is 0.875. The van der Waals surface area contributed by atoms with Crippen LogP contribution in [0.15, 0.2) is 12.2 Å². The summed E-state index contributed by atoms with van der Waals surface area (Å²) in [5.74, 6) is 3.84. The third-order valence-corrected chi connectivity index (χ3v) is 6.98. The van der Waals surface area contributed by atoms with Crippen molar-refractivity contribution in [1.29, 1.82) is 0 Å². The largest absolute Gasteiger partial charge is 0.462 e. The van der Waals surface area contributed by atoms with Crippen molar-refractivity contribution < 1.29 is 9.53 Å². The van der Waals surface area contributed by atoms with Gasteiger partial charge in [0.25, 0.3) is 0 Å². The number of hydrogen-bond acceptors (Lipinski definition) is 2. The van der Waals surface area contributed by atoms with Crippen LogP contribution < -0.4 is 0 Å². The van der Waals surface area contributed by atoms with Crippen molar-refractivity contribution >= 4 is 5.97 Å². The molecule has 0 aromatic rings. The van der Waals surface area contributed by atoms with Crippen molar-refractivity contribution in [3.63, 3.8) is 0 Å². The normalized spacial score (nSPS) is 29.3. The van der Waals surface area contributed by atoms with Gasteiger partial charge in [-0.25, -0.2) is 4.79 Å². The number of ether oxygens (including phenoxy) is 1. The fourth-order valence-electron chi connectivity index (χ4n) is 5.30. The number of unbranched alkanes of at least 4 members (excludes halogenated alkanes) is 2. The summed E-state index contributed by atoms with van der Waals surface area (Å²) in [6.45, 7) is 8.20. The molecule has 0 atom stereocenters. The first-order valence-corrected chi connectivity index (χ1v) is 11.4. The summed E-state index contributed by atoms with van der Waals surface area (Å²) in [6, 6.07) is 0. The Balaban J connectivity index is 1.50. The monoisotopic (exact) mass is 362 g/mol. The summed E-state index contributed by atoms with van der Waals surface area (Å²) in [6.07, 6.45) is 19.6. The first kappa shape index (κ1) is 21.5. The maximum atomic E-state index is 11.3. The van der Waals surface area contributed by atoms with Crippen molar-refractivity contribution in [2.45, 2.75) is 104 Å². The van der Waals surface area contributed by atoms with Gasteiger partial charge in [0.2, 0.25) is 0 Å². The maximum Gasteiger partial charge on any atom is 0.333 e. The maximum absolute atomic E-state index is 11.3. The molecule has 2 saturated carbocycles. The van der Waals surface area contributed by atoms with Gasteiger partial charge in [-0.15, -0.1) is 0 Å². The van der Waals surface area contributed by atoms with Crippen LogP contribution >= 0.6 is 0 Å². The Bertz CT molecular complexity index is 412. The Labute approximate surface area is 162 Å². The molecule has 0 aliphatic heterocycles. The van der Waals surface area contributed by atoms with Crippen LogP contribution in [-0.2, 0) is 9.53 Å². The van der Waals surface area contributed by atoms with Crippen LogP contribution in [0.2, 0.25) is 0 Å². The van der Waals surface area contributed by atoms with E-state index in [-0.39, 0.29) is 5.97 Å². The summed E-state index contributed by atoms with van der Waals surface area (Å²) in [5, 5.41) is 0. The predicted octanol–water partition coefficient (Wildman–Crippen LogP) is 7.08. The quantitative estimate of drug-likeness (QED) is 0.236. The number of carbonyl (C=O) groups is 1. The zero-order valence-corrected chi connectivity index (χ0v) is 17.4. The molecule has 2 aliphatic carbocycles. The summed E-state index contributed by atoms with van der Waals surface area (Å²) in [5.41, 5.74) is 0.501. The summed E-state index contributed by atoms with van der Waals surface area (Å²) in [7, 11) is 0. The Morgan fingerprint density at radius 2 is 1.38 bits per heavy atom. The second kappa shape index (κ2) is 11.8. The van der Waals surface area contributed by atoms with Crippen LogP contribution in [0.3, 0.4) is 0 Å². The molecule has 0 spiro atoms.